The molecule has 5 heteroatoms. The predicted octanol–water partition coefficient (Wildman–Crippen LogP) is -3.04. The molecular weight excluding hydrogens is 332 g/mol. The minimum absolute atomic E-state index is 0. The van der Waals surface area contributed by atoms with Crippen molar-refractivity contribution in [1.82, 2.24) is 0 Å². The van der Waals surface area contributed by atoms with Crippen molar-refractivity contribution in [2.24, 2.45) is 0 Å². The quantitative estimate of drug-likeness (QED) is 0.413. The summed E-state index contributed by atoms with van der Waals surface area (Å²) >= 11 is 0. The summed E-state index contributed by atoms with van der Waals surface area (Å²) in [5.74, 6) is 0. The van der Waals surface area contributed by atoms with Crippen molar-refractivity contribution in [2.45, 2.75) is 0 Å². The summed E-state index contributed by atoms with van der Waals surface area (Å²) in [5.41, 5.74) is 0. The summed E-state index contributed by atoms with van der Waals surface area (Å²) in [6.45, 7) is 0. The molecule has 0 aromatic heterocycles. The molecule has 0 saturated carbocycles. The number of hydrogen-bond acceptors (Lipinski definition) is 0. The van der Waals surface area contributed by atoms with Gasteiger partial charge in [-0.25, -0.2) is 0 Å². The van der Waals surface area contributed by atoms with Crippen LogP contribution in [0.2, 0.25) is 0 Å². The molecule has 0 amide bonds. The Balaban J connectivity index is 0. The predicted molar refractivity (Wildman–Crippen MR) is 9.09 cm³/mol. The van der Waals surface area contributed by atoms with Gasteiger partial charge in [-0.05, 0) is 0 Å². The average molecular weight is 335 g/mol. The number of hydrogen-bond donors (Lipinski definition) is 0. The van der Waals surface area contributed by atoms with Crippen LogP contribution in [0.5, 0.6) is 0 Å². The van der Waals surface area contributed by atoms with Crippen molar-refractivity contribution in [2.75, 3.05) is 0 Å². The van der Waals surface area contributed by atoms with E-state index in [2.05, 4.69) is 0 Å². The maximum atomic E-state index is 0. The molecule has 0 nitrogen and oxygen atoms in total. The van der Waals surface area contributed by atoms with Gasteiger partial charge in [-0.15, -0.1) is 0 Å². The molecule has 0 fully saturated rings. The van der Waals surface area contributed by atoms with Gasteiger partial charge < -0.3 is 4.28 Å². The molecule has 0 heterocycles. The molecule has 0 bridgehead atoms. The largest absolute Gasteiger partial charge is 2.00 e. The molecule has 0 aliphatic rings. The van der Waals surface area contributed by atoms with Crippen molar-refractivity contribution in [3.63, 3.8) is 0 Å². The van der Waals surface area contributed by atoms with Gasteiger partial charge in [0.15, 0.2) is 0 Å². The Morgan fingerprint density at radius 3 is 1.20 bits per heavy atom. The zero-order valence-electron chi connectivity index (χ0n) is 6.41. The van der Waals surface area contributed by atoms with E-state index in [0.29, 0.717) is 0 Å². The molecule has 0 radical (unpaired) electrons. The van der Waals surface area contributed by atoms with Crippen molar-refractivity contribution >= 4 is 23.1 Å². The van der Waals surface area contributed by atoms with E-state index >= 15 is 0 Å². The molecule has 16 valence electrons. The van der Waals surface area contributed by atoms with Gasteiger partial charge in [-0.2, -0.15) is 0 Å². The second-order valence-corrected chi connectivity index (χ2v) is 0. The van der Waals surface area contributed by atoms with Gasteiger partial charge >= 0.3 is 41.9 Å². The Morgan fingerprint density at radius 1 is 1.20 bits per heavy atom. The molecule has 0 aliphatic heterocycles. The van der Waals surface area contributed by atoms with Gasteiger partial charge in [-0.3, -0.25) is 0 Å². The van der Waals surface area contributed by atoms with Crippen LogP contribution in [0.25, 0.3) is 0 Å². The molecule has 0 aromatic carbocycles. The van der Waals surface area contributed by atoms with E-state index in [4.69, 9.17) is 0 Å². The summed E-state index contributed by atoms with van der Waals surface area (Å²) in [6.07, 6.45) is 0. The fourth-order valence-corrected chi connectivity index (χ4v) is 0. The molecule has 0 rings (SSSR count). The van der Waals surface area contributed by atoms with E-state index in [1.807, 2.05) is 0 Å². The maximum absolute atomic E-state index is 0. The van der Waals surface area contributed by atoms with Gasteiger partial charge in [0, 0.05) is 86.5 Å². The first kappa shape index (κ1) is 35.0. The minimum Gasteiger partial charge on any atom is -1.00 e. The third-order valence-corrected chi connectivity index (χ3v) is 0. The van der Waals surface area contributed by atoms with Gasteiger partial charge in [-0.1, -0.05) is 0 Å². The second kappa shape index (κ2) is 24.1. The Kier molecular flexibility index (Phi) is 168. The van der Waals surface area contributed by atoms with E-state index in [1.165, 1.54) is 0 Å². The van der Waals surface area contributed by atoms with Gasteiger partial charge in [0.1, 0.15) is 0 Å². The molecule has 0 aliphatic carbocycles. The summed E-state index contributed by atoms with van der Waals surface area (Å²) in [6, 6.07) is 0. The monoisotopic (exact) mass is 330 g/mol. The Morgan fingerprint density at radius 2 is 1.20 bits per heavy atom. The van der Waals surface area contributed by atoms with Crippen LogP contribution in [0.15, 0.2) is 0 Å². The summed E-state index contributed by atoms with van der Waals surface area (Å²) in [5, 5.41) is 0. The van der Waals surface area contributed by atoms with Crippen molar-refractivity contribution in [3.05, 3.63) is 0 Å². The van der Waals surface area contributed by atoms with E-state index < -0.39 is 0 Å². The first-order valence-corrected chi connectivity index (χ1v) is 0. The summed E-state index contributed by atoms with van der Waals surface area (Å²) < 4.78 is 0. The van der Waals surface area contributed by atoms with Crippen LogP contribution in [0.3, 0.4) is 0 Å². The Hall–Kier alpha value is 4.22. The molecule has 5 heavy (non-hydrogen) atoms. The summed E-state index contributed by atoms with van der Waals surface area (Å²) in [4.78, 5) is 0. The normalized spacial score (nSPS) is 0. The van der Waals surface area contributed by atoms with Crippen LogP contribution in [-0.4, -0.2) is 23.1 Å². The van der Waals surface area contributed by atoms with Crippen molar-refractivity contribution < 1.29 is 110 Å². The van der Waals surface area contributed by atoms with E-state index in [0.717, 1.165) is 0 Å². The molecule has 0 N–H and O–H groups in total. The molecule has 0 aromatic rings. The van der Waals surface area contributed by atoms with Gasteiger partial charge in [0.05, 0.1) is 0 Å². The zero-order valence-corrected chi connectivity index (χ0v) is 13.5. The average Bonchev–Trinajstić information content (AvgIpc) is 0. The van der Waals surface area contributed by atoms with Crippen molar-refractivity contribution in [3.8, 4) is 0 Å². The topological polar surface area (TPSA) is 0 Å². The molecular formula is H3LiMgNdZnZr. The van der Waals surface area contributed by atoms with E-state index in [9.17, 15) is 0 Å². The van der Waals surface area contributed by atoms with Gasteiger partial charge in [0.25, 0.3) is 0 Å². The first-order chi connectivity index (χ1) is 0. The van der Waals surface area contributed by atoms with Crippen LogP contribution < -0.4 is 18.9 Å². The third-order valence-electron chi connectivity index (χ3n) is 0. The third kappa shape index (κ3) is 17.9. The fraction of sp³-hybridized carbons (Fsp3) is 0. The molecule has 0 spiro atoms. The smallest absolute Gasteiger partial charge is 1.00 e. The number of rotatable bonds is 0. The zero-order chi connectivity index (χ0) is 0. The summed E-state index contributed by atoms with van der Waals surface area (Å²) in [7, 11) is 0. The van der Waals surface area contributed by atoms with E-state index in [-0.39, 0.29) is 133 Å². The van der Waals surface area contributed by atoms with Gasteiger partial charge in [0.2, 0.25) is 0 Å². The fourth-order valence-electron chi connectivity index (χ4n) is 0. The van der Waals surface area contributed by atoms with Crippen LogP contribution in [0.1, 0.15) is 4.28 Å². The van der Waals surface area contributed by atoms with Crippen LogP contribution in [-0.2, 0) is 45.7 Å². The van der Waals surface area contributed by atoms with Crippen LogP contribution in [0, 0.1) is 40.8 Å². The Labute approximate surface area is 130 Å². The van der Waals surface area contributed by atoms with E-state index in [1.54, 1.807) is 0 Å². The Bertz CT molecular complexity index is 19.2. The second-order valence-electron chi connectivity index (χ2n) is 0. The SMILES string of the molecule is [H-].[H-].[H-].[Li+].[Mg+2].[Nd].[Zn].[Zr]. The van der Waals surface area contributed by atoms with Crippen molar-refractivity contribution in [1.29, 1.82) is 0 Å². The van der Waals surface area contributed by atoms with Crippen LogP contribution in [0.4, 0.5) is 0 Å². The standard InChI is InChI=1S/Li.Mg.Nd.Zn.Zr.3H/q+1;+2;;;;3*-1. The molecule has 0 unspecified atom stereocenters. The first-order valence-electron chi connectivity index (χ1n) is 0. The maximum Gasteiger partial charge on any atom is 2.00 e. The van der Waals surface area contributed by atoms with Crippen LogP contribution >= 0.6 is 0 Å². The minimum atomic E-state index is 0. The molecule has 0 saturated heterocycles. The molecule has 0 atom stereocenters.